The van der Waals surface area contributed by atoms with Crippen LogP contribution in [0.2, 0.25) is 0 Å². The van der Waals surface area contributed by atoms with Crippen molar-refractivity contribution in [3.63, 3.8) is 0 Å². The topological polar surface area (TPSA) is 47.6 Å². The number of nitrogens with one attached hydrogen (secondary N) is 1. The summed E-state index contributed by atoms with van der Waals surface area (Å²) in [7, 11) is 1.30. The first-order valence-electron chi connectivity index (χ1n) is 6.21. The summed E-state index contributed by atoms with van der Waals surface area (Å²) >= 11 is 0. The maximum absolute atomic E-state index is 12.1. The molecule has 4 nitrogen and oxygen atoms in total. The maximum atomic E-state index is 12.1. The Morgan fingerprint density at radius 1 is 1.25 bits per heavy atom. The van der Waals surface area contributed by atoms with Gasteiger partial charge in [0.05, 0.1) is 7.11 Å². The van der Waals surface area contributed by atoms with Crippen LogP contribution in [0.5, 0.6) is 5.75 Å². The average molecular weight is 287 g/mol. The molecule has 0 aliphatic rings. The van der Waals surface area contributed by atoms with E-state index < -0.39 is 18.1 Å². The molecule has 1 aromatic carbocycles. The Bertz CT molecular complexity index is 448. The second-order valence-electron chi connectivity index (χ2n) is 4.82. The summed E-state index contributed by atoms with van der Waals surface area (Å²) in [6.07, 6.45) is 0. The molecule has 1 rings (SSSR count). The fraction of sp³-hybridized carbons (Fsp3) is 0.500. The van der Waals surface area contributed by atoms with Gasteiger partial charge in [-0.15, -0.1) is 0 Å². The Labute approximate surface area is 117 Å². The van der Waals surface area contributed by atoms with Gasteiger partial charge in [0.2, 0.25) is 0 Å². The molecule has 0 spiro atoms. The number of methoxy groups -OCH3 is 1. The summed E-state index contributed by atoms with van der Waals surface area (Å²) in [5, 5.41) is 3.12. The molecule has 0 fully saturated rings. The van der Waals surface area contributed by atoms with E-state index in [9.17, 15) is 13.6 Å². The first-order valence-corrected chi connectivity index (χ1v) is 6.21. The molecular weight excluding hydrogens is 268 g/mol. The molecule has 112 valence electrons. The number of halogens is 2. The molecule has 1 unspecified atom stereocenters. The predicted molar refractivity (Wildman–Crippen MR) is 70.7 cm³/mol. The monoisotopic (exact) mass is 287 g/mol. The van der Waals surface area contributed by atoms with E-state index in [1.165, 1.54) is 19.2 Å². The van der Waals surface area contributed by atoms with Crippen molar-refractivity contribution in [2.45, 2.75) is 39.0 Å². The van der Waals surface area contributed by atoms with E-state index in [0.29, 0.717) is 5.56 Å². The van der Waals surface area contributed by atoms with Gasteiger partial charge in [0.25, 0.3) is 0 Å². The van der Waals surface area contributed by atoms with Crippen LogP contribution < -0.4 is 10.1 Å². The van der Waals surface area contributed by atoms with Gasteiger partial charge in [-0.05, 0) is 38.5 Å². The van der Waals surface area contributed by atoms with E-state index in [1.807, 2.05) is 13.8 Å². The van der Waals surface area contributed by atoms with Gasteiger partial charge in [-0.1, -0.05) is 12.1 Å². The number of benzene rings is 1. The Morgan fingerprint density at radius 2 is 1.80 bits per heavy atom. The normalized spacial score (nSPS) is 14.2. The first-order chi connectivity index (χ1) is 9.29. The molecule has 0 radical (unpaired) electrons. The van der Waals surface area contributed by atoms with Gasteiger partial charge < -0.3 is 9.47 Å². The molecule has 20 heavy (non-hydrogen) atoms. The van der Waals surface area contributed by atoms with E-state index in [1.54, 1.807) is 19.1 Å². The molecule has 0 amide bonds. The third-order valence-electron chi connectivity index (χ3n) is 2.83. The highest BCUT2D eigenvalue weighted by Gasteiger charge is 2.36. The van der Waals surface area contributed by atoms with E-state index in [0.717, 1.165) is 0 Å². The smallest absolute Gasteiger partial charge is 0.387 e. The Balaban J connectivity index is 3.05. The maximum Gasteiger partial charge on any atom is 0.387 e. The number of carbonyl (C=O) groups is 1. The van der Waals surface area contributed by atoms with Crippen molar-refractivity contribution in [2.75, 3.05) is 7.11 Å². The number of rotatable bonds is 6. The van der Waals surface area contributed by atoms with Gasteiger partial charge in [-0.3, -0.25) is 5.32 Å². The van der Waals surface area contributed by atoms with E-state index in [4.69, 9.17) is 4.74 Å². The van der Waals surface area contributed by atoms with Gasteiger partial charge in [0.1, 0.15) is 11.3 Å². The van der Waals surface area contributed by atoms with Gasteiger partial charge in [0.15, 0.2) is 0 Å². The molecule has 0 aliphatic carbocycles. The van der Waals surface area contributed by atoms with Crippen molar-refractivity contribution in [2.24, 2.45) is 0 Å². The highest BCUT2D eigenvalue weighted by molar-refractivity contribution is 5.82. The molecule has 0 bridgehead atoms. The van der Waals surface area contributed by atoms with Crippen LogP contribution in [0.3, 0.4) is 0 Å². The summed E-state index contributed by atoms with van der Waals surface area (Å²) in [6.45, 7) is 2.61. The fourth-order valence-electron chi connectivity index (χ4n) is 2.01. The molecule has 1 atom stereocenters. The van der Waals surface area contributed by atoms with Gasteiger partial charge in [0, 0.05) is 6.04 Å². The van der Waals surface area contributed by atoms with Crippen LogP contribution in [-0.2, 0) is 15.1 Å². The van der Waals surface area contributed by atoms with Crippen molar-refractivity contribution in [3.8, 4) is 5.75 Å². The zero-order valence-electron chi connectivity index (χ0n) is 11.9. The lowest BCUT2D eigenvalue weighted by atomic mass is 9.91. The molecule has 1 N–H and O–H groups in total. The van der Waals surface area contributed by atoms with Crippen LogP contribution in [0.4, 0.5) is 8.78 Å². The number of ether oxygens (including phenoxy) is 2. The summed E-state index contributed by atoms with van der Waals surface area (Å²) in [5.74, 6) is -0.408. The van der Waals surface area contributed by atoms with E-state index in [-0.39, 0.29) is 11.8 Å². The molecular formula is C14H19F2NO3. The van der Waals surface area contributed by atoms with Gasteiger partial charge in [-0.2, -0.15) is 8.78 Å². The third-order valence-corrected chi connectivity index (χ3v) is 2.83. The highest BCUT2D eigenvalue weighted by atomic mass is 19.3. The SMILES string of the molecule is COC(=O)C(C)(NC(C)C)c1ccc(OC(F)F)cc1. The second kappa shape index (κ2) is 6.65. The number of hydrogen-bond acceptors (Lipinski definition) is 4. The van der Waals surface area contributed by atoms with Crippen molar-refractivity contribution in [3.05, 3.63) is 29.8 Å². The van der Waals surface area contributed by atoms with Crippen molar-refractivity contribution < 1.29 is 23.0 Å². The molecule has 0 saturated heterocycles. The Morgan fingerprint density at radius 3 is 2.20 bits per heavy atom. The lowest BCUT2D eigenvalue weighted by molar-refractivity contribution is -0.148. The molecule has 0 aliphatic heterocycles. The van der Waals surface area contributed by atoms with Gasteiger partial charge >= 0.3 is 12.6 Å². The fourth-order valence-corrected chi connectivity index (χ4v) is 2.01. The molecule has 1 aromatic rings. The predicted octanol–water partition coefficient (Wildman–Crippen LogP) is 2.67. The van der Waals surface area contributed by atoms with Crippen LogP contribution in [0.1, 0.15) is 26.3 Å². The quantitative estimate of drug-likeness (QED) is 0.817. The summed E-state index contributed by atoms with van der Waals surface area (Å²) in [4.78, 5) is 12.0. The van der Waals surface area contributed by atoms with E-state index in [2.05, 4.69) is 10.1 Å². The van der Waals surface area contributed by atoms with Crippen LogP contribution in [0, 0.1) is 0 Å². The van der Waals surface area contributed by atoms with E-state index >= 15 is 0 Å². The lowest BCUT2D eigenvalue weighted by Crippen LogP contribution is -2.50. The molecule has 6 heteroatoms. The van der Waals surface area contributed by atoms with Crippen LogP contribution in [0.15, 0.2) is 24.3 Å². The largest absolute Gasteiger partial charge is 0.467 e. The van der Waals surface area contributed by atoms with Crippen LogP contribution in [0.25, 0.3) is 0 Å². The van der Waals surface area contributed by atoms with Crippen LogP contribution >= 0.6 is 0 Å². The Hall–Kier alpha value is -1.69. The average Bonchev–Trinajstić information content (AvgIpc) is 2.36. The lowest BCUT2D eigenvalue weighted by Gasteiger charge is -2.30. The molecule has 0 heterocycles. The van der Waals surface area contributed by atoms with Crippen molar-refractivity contribution in [1.82, 2.24) is 5.32 Å². The van der Waals surface area contributed by atoms with Crippen LogP contribution in [-0.4, -0.2) is 25.7 Å². The van der Waals surface area contributed by atoms with Gasteiger partial charge in [-0.25, -0.2) is 4.79 Å². The standard InChI is InChI=1S/C14H19F2NO3/c1-9(2)17-14(3,12(18)19-4)10-5-7-11(8-6-10)20-13(15)16/h5-9,13,17H,1-4H3. The second-order valence-corrected chi connectivity index (χ2v) is 4.82. The number of esters is 1. The summed E-state index contributed by atoms with van der Waals surface area (Å²) < 4.78 is 33.3. The third kappa shape index (κ3) is 3.90. The summed E-state index contributed by atoms with van der Waals surface area (Å²) in [6, 6.07) is 5.94. The zero-order chi connectivity index (χ0) is 15.3. The van der Waals surface area contributed by atoms with Crippen molar-refractivity contribution in [1.29, 1.82) is 0 Å². The highest BCUT2D eigenvalue weighted by Crippen LogP contribution is 2.26. The molecule has 0 saturated carbocycles. The minimum atomic E-state index is -2.87. The number of alkyl halides is 2. The zero-order valence-corrected chi connectivity index (χ0v) is 11.9. The number of hydrogen-bond donors (Lipinski definition) is 1. The first kappa shape index (κ1) is 16.4. The minimum absolute atomic E-state index is 0.0380. The summed E-state index contributed by atoms with van der Waals surface area (Å²) in [5.41, 5.74) is -0.439. The number of carbonyl (C=O) groups excluding carboxylic acids is 1. The molecule has 0 aromatic heterocycles. The van der Waals surface area contributed by atoms with Crippen molar-refractivity contribution >= 4 is 5.97 Å². The minimum Gasteiger partial charge on any atom is -0.467 e. The Kier molecular flexibility index (Phi) is 5.44.